The van der Waals surface area contributed by atoms with Crippen molar-refractivity contribution >= 4 is 5.97 Å². The van der Waals surface area contributed by atoms with Crippen LogP contribution in [0.2, 0.25) is 0 Å². The van der Waals surface area contributed by atoms with E-state index in [2.05, 4.69) is 16.1 Å². The molecule has 0 aromatic heterocycles. The summed E-state index contributed by atoms with van der Waals surface area (Å²) >= 11 is 0. The first kappa shape index (κ1) is 18.7. The Bertz CT molecular complexity index is 374. The van der Waals surface area contributed by atoms with Gasteiger partial charge in [-0.25, -0.2) is 4.79 Å². The molecule has 0 aromatic carbocycles. The van der Waals surface area contributed by atoms with Gasteiger partial charge in [-0.1, -0.05) is 6.58 Å². The molecule has 0 aromatic rings. The van der Waals surface area contributed by atoms with Crippen molar-refractivity contribution in [2.45, 2.75) is 37.6 Å². The summed E-state index contributed by atoms with van der Waals surface area (Å²) in [6, 6.07) is 0. The second kappa shape index (κ2) is 5.60. The lowest BCUT2D eigenvalue weighted by atomic mass is 9.99. The van der Waals surface area contributed by atoms with E-state index in [4.69, 9.17) is 5.11 Å². The molecule has 0 spiro atoms. The van der Waals surface area contributed by atoms with Crippen molar-refractivity contribution in [1.29, 1.82) is 0 Å². The maximum Gasteiger partial charge on any atom is 0.419 e. The van der Waals surface area contributed by atoms with Crippen molar-refractivity contribution < 1.29 is 45.7 Å². The van der Waals surface area contributed by atoms with Gasteiger partial charge in [0.25, 0.3) is 0 Å². The second-order valence-electron chi connectivity index (χ2n) is 4.18. The number of hydrogen-bond acceptors (Lipinski definition) is 4. The molecule has 10 heteroatoms. The van der Waals surface area contributed by atoms with Crippen LogP contribution in [0.5, 0.6) is 0 Å². The summed E-state index contributed by atoms with van der Waals surface area (Å²) in [7, 11) is 0. The molecule has 4 nitrogen and oxygen atoms in total. The van der Waals surface area contributed by atoms with Crippen LogP contribution in [0.1, 0.15) is 13.8 Å². The standard InChI is InChI=1S/C10H12F6O4/c1-4-6(17)19-5-8(11,12)20-7(2,3)9(13,14)10(15,16)18/h4,18H,1,5H2,2-3H3. The molecule has 1 N–H and O–H groups in total. The molecule has 118 valence electrons. The largest absolute Gasteiger partial charge is 0.453 e. The molecule has 0 saturated heterocycles. The first-order valence-corrected chi connectivity index (χ1v) is 5.01. The molecule has 0 bridgehead atoms. The number of ether oxygens (including phenoxy) is 2. The first-order valence-electron chi connectivity index (χ1n) is 5.01. The lowest BCUT2D eigenvalue weighted by Crippen LogP contribution is -2.59. The maximum atomic E-state index is 13.1. The van der Waals surface area contributed by atoms with Crippen LogP contribution in [0.3, 0.4) is 0 Å². The van der Waals surface area contributed by atoms with Crippen LogP contribution < -0.4 is 0 Å². The Morgan fingerprint density at radius 2 is 1.65 bits per heavy atom. The predicted molar refractivity (Wildman–Crippen MR) is 53.4 cm³/mol. The van der Waals surface area contributed by atoms with Crippen LogP contribution in [0.15, 0.2) is 12.7 Å². The van der Waals surface area contributed by atoms with E-state index in [9.17, 15) is 31.1 Å². The van der Waals surface area contributed by atoms with Gasteiger partial charge in [-0.05, 0) is 13.8 Å². The van der Waals surface area contributed by atoms with Crippen LogP contribution in [0.4, 0.5) is 26.3 Å². The van der Waals surface area contributed by atoms with Gasteiger partial charge in [0.05, 0.1) is 0 Å². The Kier molecular flexibility index (Phi) is 5.24. The summed E-state index contributed by atoms with van der Waals surface area (Å²) in [5, 5.41) is 8.03. The van der Waals surface area contributed by atoms with E-state index in [1.165, 1.54) is 0 Å². The predicted octanol–water partition coefficient (Wildman–Crippen LogP) is 2.32. The normalized spacial score (nSPS) is 14.1. The van der Waals surface area contributed by atoms with Crippen LogP contribution in [0.25, 0.3) is 0 Å². The summed E-state index contributed by atoms with van der Waals surface area (Å²) in [4.78, 5) is 10.5. The van der Waals surface area contributed by atoms with E-state index >= 15 is 0 Å². The maximum absolute atomic E-state index is 13.1. The van der Waals surface area contributed by atoms with Gasteiger partial charge in [-0.2, -0.15) is 26.3 Å². The highest BCUT2D eigenvalue weighted by Gasteiger charge is 2.67. The van der Waals surface area contributed by atoms with E-state index in [1.807, 2.05) is 0 Å². The highest BCUT2D eigenvalue weighted by atomic mass is 19.3. The van der Waals surface area contributed by atoms with Crippen LogP contribution in [-0.2, 0) is 14.3 Å². The Hall–Kier alpha value is -1.29. The highest BCUT2D eigenvalue weighted by molar-refractivity contribution is 5.81. The number of aliphatic hydroxyl groups is 1. The average molecular weight is 310 g/mol. The molecule has 0 amide bonds. The summed E-state index contributed by atoms with van der Waals surface area (Å²) in [6.07, 6.45) is -9.53. The van der Waals surface area contributed by atoms with Crippen molar-refractivity contribution in [3.05, 3.63) is 12.7 Å². The lowest BCUT2D eigenvalue weighted by molar-refractivity contribution is -0.410. The van der Waals surface area contributed by atoms with E-state index in [1.54, 1.807) is 0 Å². The lowest BCUT2D eigenvalue weighted by Gasteiger charge is -2.37. The molecule has 0 aliphatic rings. The van der Waals surface area contributed by atoms with Gasteiger partial charge in [0.2, 0.25) is 0 Å². The SMILES string of the molecule is C=CC(=O)OCC(F)(F)OC(C)(C)C(F)(F)C(O)(F)F. The van der Waals surface area contributed by atoms with Gasteiger partial charge in [0.15, 0.2) is 6.61 Å². The minimum Gasteiger partial charge on any atom is -0.453 e. The molecular formula is C10H12F6O4. The third-order valence-electron chi connectivity index (χ3n) is 2.09. The molecule has 0 rings (SSSR count). The van der Waals surface area contributed by atoms with Crippen molar-refractivity contribution in [3.8, 4) is 0 Å². The number of hydrogen-bond donors (Lipinski definition) is 1. The summed E-state index contributed by atoms with van der Waals surface area (Å²) in [5.74, 6) is -6.60. The molecule has 0 aliphatic heterocycles. The number of halogens is 6. The fourth-order valence-electron chi connectivity index (χ4n) is 1.04. The zero-order valence-corrected chi connectivity index (χ0v) is 10.4. The monoisotopic (exact) mass is 310 g/mol. The third kappa shape index (κ3) is 4.37. The summed E-state index contributed by atoms with van der Waals surface area (Å²) in [5.41, 5.74) is -3.45. The smallest absolute Gasteiger partial charge is 0.419 e. The fourth-order valence-corrected chi connectivity index (χ4v) is 1.04. The van der Waals surface area contributed by atoms with E-state index in [0.29, 0.717) is 6.08 Å². The zero-order valence-electron chi connectivity index (χ0n) is 10.4. The van der Waals surface area contributed by atoms with Gasteiger partial charge < -0.3 is 14.6 Å². The minimum absolute atomic E-state index is 0.223. The van der Waals surface area contributed by atoms with Gasteiger partial charge in [0.1, 0.15) is 5.60 Å². The Labute approximate surface area is 110 Å². The minimum atomic E-state index is -5.58. The molecule has 0 radical (unpaired) electrons. The molecule has 0 heterocycles. The Morgan fingerprint density at radius 1 is 1.20 bits per heavy atom. The number of esters is 1. The van der Waals surface area contributed by atoms with E-state index in [0.717, 1.165) is 0 Å². The van der Waals surface area contributed by atoms with Gasteiger partial charge in [0, 0.05) is 6.08 Å². The molecule has 20 heavy (non-hydrogen) atoms. The number of alkyl halides is 6. The molecule has 0 aliphatic carbocycles. The van der Waals surface area contributed by atoms with Crippen molar-refractivity contribution in [3.63, 3.8) is 0 Å². The van der Waals surface area contributed by atoms with Crippen LogP contribution in [0, 0.1) is 0 Å². The molecule has 0 unspecified atom stereocenters. The van der Waals surface area contributed by atoms with Gasteiger partial charge in [-0.3, -0.25) is 0 Å². The van der Waals surface area contributed by atoms with Gasteiger partial charge >= 0.3 is 24.1 Å². The van der Waals surface area contributed by atoms with E-state index in [-0.39, 0.29) is 13.8 Å². The second-order valence-corrected chi connectivity index (χ2v) is 4.18. The average Bonchev–Trinajstić information content (AvgIpc) is 2.22. The number of carbonyl (C=O) groups excluding carboxylic acids is 1. The Balaban J connectivity index is 4.98. The quantitative estimate of drug-likeness (QED) is 0.445. The fraction of sp³-hybridized carbons (Fsp3) is 0.700. The highest BCUT2D eigenvalue weighted by Crippen LogP contribution is 2.44. The van der Waals surface area contributed by atoms with Gasteiger partial charge in [-0.15, -0.1) is 0 Å². The number of rotatable bonds is 7. The van der Waals surface area contributed by atoms with Crippen molar-refractivity contribution in [1.82, 2.24) is 0 Å². The van der Waals surface area contributed by atoms with Crippen LogP contribution >= 0.6 is 0 Å². The number of carbonyl (C=O) groups is 1. The van der Waals surface area contributed by atoms with Crippen molar-refractivity contribution in [2.75, 3.05) is 6.61 Å². The third-order valence-corrected chi connectivity index (χ3v) is 2.09. The first-order chi connectivity index (χ1) is 8.66. The topological polar surface area (TPSA) is 55.8 Å². The van der Waals surface area contributed by atoms with Crippen LogP contribution in [-0.4, -0.2) is 41.4 Å². The summed E-state index contributed by atoms with van der Waals surface area (Å²) in [6.45, 7) is 1.56. The van der Waals surface area contributed by atoms with Crippen molar-refractivity contribution in [2.24, 2.45) is 0 Å². The molecular weight excluding hydrogens is 298 g/mol. The molecule has 0 atom stereocenters. The Morgan fingerprint density at radius 3 is 2.00 bits per heavy atom. The zero-order chi connectivity index (χ0) is 16.4. The molecule has 0 saturated carbocycles. The summed E-state index contributed by atoms with van der Waals surface area (Å²) < 4.78 is 84.6. The molecule has 0 fully saturated rings. The van der Waals surface area contributed by atoms with E-state index < -0.39 is 36.3 Å².